The fourth-order valence-electron chi connectivity index (χ4n) is 0.608. The van der Waals surface area contributed by atoms with E-state index in [4.69, 9.17) is 14.3 Å². The number of allylic oxidation sites excluding steroid dienone is 1. The molecule has 0 fully saturated rings. The van der Waals surface area contributed by atoms with Crippen molar-refractivity contribution in [2.75, 3.05) is 13.2 Å². The van der Waals surface area contributed by atoms with Crippen LogP contribution in [0.25, 0.3) is 0 Å². The Labute approximate surface area is 72.3 Å². The Balaban J connectivity index is 4.30. The van der Waals surface area contributed by atoms with Gasteiger partial charge < -0.3 is 9.05 Å². The normalized spacial score (nSPS) is 11.8. The number of hydrogen-bond donors (Lipinski definition) is 0. The zero-order chi connectivity index (χ0) is 9.45. The van der Waals surface area contributed by atoms with Crippen molar-refractivity contribution in [3.05, 3.63) is 11.9 Å². The lowest BCUT2D eigenvalue weighted by molar-refractivity contribution is 0.229. The standard InChI is InChI=1S/C7H12NO3P/c1-3-10-12(9,11-4-2)7-5-6-8/h5,7H,3-4H2,1-2H3/b7-5+. The van der Waals surface area contributed by atoms with E-state index < -0.39 is 7.60 Å². The summed E-state index contributed by atoms with van der Waals surface area (Å²) in [5.41, 5.74) is 0. The first-order chi connectivity index (χ1) is 5.68. The summed E-state index contributed by atoms with van der Waals surface area (Å²) in [5.74, 6) is 1.17. The molecule has 0 heterocycles. The molecule has 0 aromatic carbocycles. The van der Waals surface area contributed by atoms with E-state index in [0.29, 0.717) is 13.2 Å². The zero-order valence-electron chi connectivity index (χ0n) is 7.19. The minimum Gasteiger partial charge on any atom is -0.306 e. The molecule has 0 saturated heterocycles. The van der Waals surface area contributed by atoms with Gasteiger partial charge in [0, 0.05) is 11.9 Å². The highest BCUT2D eigenvalue weighted by Gasteiger charge is 2.18. The van der Waals surface area contributed by atoms with Crippen molar-refractivity contribution in [3.8, 4) is 6.07 Å². The summed E-state index contributed by atoms with van der Waals surface area (Å²) in [5, 5.41) is 8.20. The minimum atomic E-state index is -3.14. The van der Waals surface area contributed by atoms with Crippen LogP contribution in [0.3, 0.4) is 0 Å². The van der Waals surface area contributed by atoms with Crippen molar-refractivity contribution in [1.29, 1.82) is 5.26 Å². The molecule has 0 rings (SSSR count). The van der Waals surface area contributed by atoms with Crippen LogP contribution in [0, 0.1) is 11.3 Å². The predicted octanol–water partition coefficient (Wildman–Crippen LogP) is 2.29. The Morgan fingerprint density at radius 3 is 2.25 bits per heavy atom. The van der Waals surface area contributed by atoms with Crippen LogP contribution in [0.5, 0.6) is 0 Å². The molecule has 68 valence electrons. The summed E-state index contributed by atoms with van der Waals surface area (Å²) >= 11 is 0. The van der Waals surface area contributed by atoms with Gasteiger partial charge in [-0.15, -0.1) is 0 Å². The van der Waals surface area contributed by atoms with E-state index in [1.807, 2.05) is 0 Å². The lowest BCUT2D eigenvalue weighted by Crippen LogP contribution is -1.92. The maximum Gasteiger partial charge on any atom is 0.354 e. The second-order valence-electron chi connectivity index (χ2n) is 1.82. The number of rotatable bonds is 5. The topological polar surface area (TPSA) is 59.3 Å². The third-order valence-electron chi connectivity index (χ3n) is 0.950. The van der Waals surface area contributed by atoms with Gasteiger partial charge in [-0.3, -0.25) is 4.57 Å². The minimum absolute atomic E-state index is 0.299. The molecule has 0 unspecified atom stereocenters. The molecule has 0 aromatic rings. The van der Waals surface area contributed by atoms with Crippen molar-refractivity contribution >= 4 is 7.60 Å². The molecule has 0 bridgehead atoms. The van der Waals surface area contributed by atoms with E-state index in [1.54, 1.807) is 19.9 Å². The number of hydrogen-bond acceptors (Lipinski definition) is 4. The second-order valence-corrected chi connectivity index (χ2v) is 3.71. The maximum atomic E-state index is 11.5. The third kappa shape index (κ3) is 4.30. The first kappa shape index (κ1) is 11.4. The smallest absolute Gasteiger partial charge is 0.306 e. The van der Waals surface area contributed by atoms with E-state index in [2.05, 4.69) is 0 Å². The molecular formula is C7H12NO3P. The predicted molar refractivity (Wildman–Crippen MR) is 45.6 cm³/mol. The molecule has 0 saturated carbocycles. The summed E-state index contributed by atoms with van der Waals surface area (Å²) in [4.78, 5) is 0. The fourth-order valence-corrected chi connectivity index (χ4v) is 1.82. The van der Waals surface area contributed by atoms with Crippen LogP contribution < -0.4 is 0 Å². The quantitative estimate of drug-likeness (QED) is 0.491. The fraction of sp³-hybridized carbons (Fsp3) is 0.571. The van der Waals surface area contributed by atoms with Crippen LogP contribution in [0.2, 0.25) is 0 Å². The van der Waals surface area contributed by atoms with Crippen LogP contribution in [0.4, 0.5) is 0 Å². The SMILES string of the molecule is CCOP(=O)(/C=C/C#N)OCC. The number of nitrogens with zero attached hydrogens (tertiary/aromatic N) is 1. The molecule has 0 aliphatic heterocycles. The van der Waals surface area contributed by atoms with Crippen molar-refractivity contribution in [2.45, 2.75) is 13.8 Å². The molecular weight excluding hydrogens is 177 g/mol. The van der Waals surface area contributed by atoms with Gasteiger partial charge in [0.05, 0.1) is 19.3 Å². The van der Waals surface area contributed by atoms with Gasteiger partial charge in [0.1, 0.15) is 0 Å². The van der Waals surface area contributed by atoms with Crippen LogP contribution in [0.1, 0.15) is 13.8 Å². The molecule has 0 atom stereocenters. The van der Waals surface area contributed by atoms with Crippen LogP contribution in [0.15, 0.2) is 11.9 Å². The lowest BCUT2D eigenvalue weighted by atomic mass is 10.7. The van der Waals surface area contributed by atoms with Crippen molar-refractivity contribution in [1.82, 2.24) is 0 Å². The summed E-state index contributed by atoms with van der Waals surface area (Å²) in [6.07, 6.45) is 1.10. The molecule has 0 N–H and O–H groups in total. The Morgan fingerprint density at radius 1 is 1.42 bits per heavy atom. The Kier molecular flexibility index (Phi) is 5.65. The summed E-state index contributed by atoms with van der Waals surface area (Å²) < 4.78 is 21.2. The highest BCUT2D eigenvalue weighted by Crippen LogP contribution is 2.49. The zero-order valence-corrected chi connectivity index (χ0v) is 8.08. The lowest BCUT2D eigenvalue weighted by Gasteiger charge is -2.11. The van der Waals surface area contributed by atoms with E-state index in [9.17, 15) is 4.57 Å². The van der Waals surface area contributed by atoms with Gasteiger partial charge in [-0.25, -0.2) is 0 Å². The highest BCUT2D eigenvalue weighted by atomic mass is 31.2. The molecule has 0 aliphatic rings. The Hall–Kier alpha value is -0.620. The first-order valence-corrected chi connectivity index (χ1v) is 5.25. The summed E-state index contributed by atoms with van der Waals surface area (Å²) in [6, 6.07) is 1.73. The molecule has 0 aromatic heterocycles. The van der Waals surface area contributed by atoms with Gasteiger partial charge in [-0.2, -0.15) is 5.26 Å². The second kappa shape index (κ2) is 5.96. The van der Waals surface area contributed by atoms with Crippen LogP contribution >= 0.6 is 7.60 Å². The van der Waals surface area contributed by atoms with Crippen molar-refractivity contribution in [3.63, 3.8) is 0 Å². The maximum absolute atomic E-state index is 11.5. The van der Waals surface area contributed by atoms with Crippen LogP contribution in [-0.2, 0) is 13.6 Å². The Morgan fingerprint density at radius 2 is 1.92 bits per heavy atom. The van der Waals surface area contributed by atoms with Gasteiger partial charge in [-0.05, 0) is 13.8 Å². The summed E-state index contributed by atoms with van der Waals surface area (Å²) in [6.45, 7) is 4.03. The summed E-state index contributed by atoms with van der Waals surface area (Å²) in [7, 11) is -3.14. The van der Waals surface area contributed by atoms with E-state index in [1.165, 1.54) is 5.82 Å². The molecule has 0 radical (unpaired) electrons. The monoisotopic (exact) mass is 189 g/mol. The average Bonchev–Trinajstić information content (AvgIpc) is 2.02. The number of nitriles is 1. The van der Waals surface area contributed by atoms with Gasteiger partial charge in [-0.1, -0.05) is 0 Å². The van der Waals surface area contributed by atoms with Crippen LogP contribution in [-0.4, -0.2) is 13.2 Å². The van der Waals surface area contributed by atoms with Gasteiger partial charge >= 0.3 is 7.60 Å². The molecule has 5 heteroatoms. The first-order valence-electron chi connectivity index (χ1n) is 3.64. The molecule has 4 nitrogen and oxygen atoms in total. The van der Waals surface area contributed by atoms with Gasteiger partial charge in [0.2, 0.25) is 0 Å². The Bertz CT molecular complexity index is 221. The molecule has 12 heavy (non-hydrogen) atoms. The third-order valence-corrected chi connectivity index (χ3v) is 2.70. The molecule has 0 spiro atoms. The van der Waals surface area contributed by atoms with Crippen molar-refractivity contribution < 1.29 is 13.6 Å². The highest BCUT2D eigenvalue weighted by molar-refractivity contribution is 7.57. The van der Waals surface area contributed by atoms with E-state index in [0.717, 1.165) is 6.08 Å². The molecule has 0 amide bonds. The van der Waals surface area contributed by atoms with Crippen molar-refractivity contribution in [2.24, 2.45) is 0 Å². The van der Waals surface area contributed by atoms with E-state index in [-0.39, 0.29) is 0 Å². The van der Waals surface area contributed by atoms with E-state index >= 15 is 0 Å². The van der Waals surface area contributed by atoms with Gasteiger partial charge in [0.25, 0.3) is 0 Å². The molecule has 0 aliphatic carbocycles. The van der Waals surface area contributed by atoms with Gasteiger partial charge in [0.15, 0.2) is 0 Å². The largest absolute Gasteiger partial charge is 0.354 e. The average molecular weight is 189 g/mol.